The van der Waals surface area contributed by atoms with Gasteiger partial charge >= 0.3 is 0 Å². The summed E-state index contributed by atoms with van der Waals surface area (Å²) in [6.07, 6.45) is 9.29. The molecule has 1 aliphatic heterocycles. The lowest BCUT2D eigenvalue weighted by atomic mass is 9.78. The maximum absolute atomic E-state index is 5.86. The van der Waals surface area contributed by atoms with Gasteiger partial charge in [0.15, 0.2) is 0 Å². The summed E-state index contributed by atoms with van der Waals surface area (Å²) in [7, 11) is 0. The Bertz CT molecular complexity index is 433. The van der Waals surface area contributed by atoms with Crippen molar-refractivity contribution in [1.29, 1.82) is 0 Å². The Hall–Kier alpha value is -1.09. The van der Waals surface area contributed by atoms with Crippen LogP contribution in [-0.2, 0) is 13.0 Å². The highest BCUT2D eigenvalue weighted by atomic mass is 15.2. The average molecular weight is 273 g/mol. The number of fused-ring (bicyclic) bond motifs is 1. The molecule has 0 bridgehead atoms. The zero-order chi connectivity index (χ0) is 13.9. The average Bonchev–Trinajstić information content (AvgIpc) is 2.53. The van der Waals surface area contributed by atoms with E-state index >= 15 is 0 Å². The minimum atomic E-state index is 0.616. The van der Waals surface area contributed by atoms with E-state index in [4.69, 9.17) is 10.7 Å². The second-order valence-corrected chi connectivity index (χ2v) is 6.33. The first-order valence-electron chi connectivity index (χ1n) is 8.28. The van der Waals surface area contributed by atoms with Crippen LogP contribution in [0.2, 0.25) is 0 Å². The molecule has 1 aliphatic carbocycles. The Kier molecular flexibility index (Phi) is 4.25. The van der Waals surface area contributed by atoms with E-state index in [9.17, 15) is 0 Å². The van der Waals surface area contributed by atoms with Gasteiger partial charge in [-0.05, 0) is 55.7 Å². The fourth-order valence-corrected chi connectivity index (χ4v) is 3.99. The standard InChI is InChI=1S/C17H27N3/c1-2-15-10-13(12-18)11-17(19-15)20-9-5-7-14-6-3-4-8-16(14)20/h10-11,14,16H,2-9,12,18H2,1H3. The lowest BCUT2D eigenvalue weighted by molar-refractivity contribution is 0.242. The molecule has 3 heteroatoms. The van der Waals surface area contributed by atoms with E-state index in [1.807, 2.05) is 0 Å². The molecule has 1 saturated carbocycles. The zero-order valence-corrected chi connectivity index (χ0v) is 12.6. The second-order valence-electron chi connectivity index (χ2n) is 6.33. The summed E-state index contributed by atoms with van der Waals surface area (Å²) in [5, 5.41) is 0. The SMILES string of the molecule is CCc1cc(CN)cc(N2CCCC3CCCCC32)n1. The van der Waals surface area contributed by atoms with E-state index < -0.39 is 0 Å². The van der Waals surface area contributed by atoms with Crippen LogP contribution in [0, 0.1) is 5.92 Å². The van der Waals surface area contributed by atoms with E-state index in [0.29, 0.717) is 6.54 Å². The molecule has 0 spiro atoms. The predicted molar refractivity (Wildman–Crippen MR) is 83.8 cm³/mol. The summed E-state index contributed by atoms with van der Waals surface area (Å²) in [4.78, 5) is 7.47. The molecule has 3 nitrogen and oxygen atoms in total. The summed E-state index contributed by atoms with van der Waals surface area (Å²) in [5.41, 5.74) is 8.27. The third-order valence-electron chi connectivity index (χ3n) is 5.06. The van der Waals surface area contributed by atoms with E-state index in [0.717, 1.165) is 18.4 Å². The predicted octanol–water partition coefficient (Wildman–Crippen LogP) is 3.26. The molecule has 2 unspecified atom stereocenters. The van der Waals surface area contributed by atoms with E-state index in [2.05, 4.69) is 24.0 Å². The first-order chi connectivity index (χ1) is 9.81. The van der Waals surface area contributed by atoms with Gasteiger partial charge < -0.3 is 10.6 Å². The van der Waals surface area contributed by atoms with Crippen molar-refractivity contribution < 1.29 is 0 Å². The molecule has 0 aromatic carbocycles. The fraction of sp³-hybridized carbons (Fsp3) is 0.706. The summed E-state index contributed by atoms with van der Waals surface area (Å²) in [6.45, 7) is 3.96. The minimum absolute atomic E-state index is 0.616. The van der Waals surface area contributed by atoms with Crippen molar-refractivity contribution in [1.82, 2.24) is 4.98 Å². The number of anilines is 1. The van der Waals surface area contributed by atoms with E-state index in [1.54, 1.807) is 0 Å². The Morgan fingerprint density at radius 3 is 2.80 bits per heavy atom. The van der Waals surface area contributed by atoms with Crippen LogP contribution < -0.4 is 10.6 Å². The number of pyridine rings is 1. The highest BCUT2D eigenvalue weighted by Crippen LogP contribution is 2.37. The molecule has 2 fully saturated rings. The number of hydrogen-bond acceptors (Lipinski definition) is 3. The van der Waals surface area contributed by atoms with Gasteiger partial charge in [0.05, 0.1) is 0 Å². The first-order valence-corrected chi connectivity index (χ1v) is 8.28. The number of piperidine rings is 1. The Morgan fingerprint density at radius 2 is 2.00 bits per heavy atom. The van der Waals surface area contributed by atoms with Crippen LogP contribution in [0.4, 0.5) is 5.82 Å². The van der Waals surface area contributed by atoms with Crippen molar-refractivity contribution in [3.05, 3.63) is 23.4 Å². The van der Waals surface area contributed by atoms with E-state index in [1.165, 1.54) is 62.1 Å². The third-order valence-corrected chi connectivity index (χ3v) is 5.06. The lowest BCUT2D eigenvalue weighted by Crippen LogP contribution is -2.47. The minimum Gasteiger partial charge on any atom is -0.353 e. The van der Waals surface area contributed by atoms with Gasteiger partial charge in [-0.1, -0.05) is 19.8 Å². The fourth-order valence-electron chi connectivity index (χ4n) is 3.99. The van der Waals surface area contributed by atoms with Gasteiger partial charge in [0.25, 0.3) is 0 Å². The normalized spacial score (nSPS) is 26.4. The molecular weight excluding hydrogens is 246 g/mol. The molecular formula is C17H27N3. The number of hydrogen-bond donors (Lipinski definition) is 1. The molecule has 2 aliphatic rings. The zero-order valence-electron chi connectivity index (χ0n) is 12.6. The molecule has 0 amide bonds. The third kappa shape index (κ3) is 2.69. The van der Waals surface area contributed by atoms with Gasteiger partial charge in [0.1, 0.15) is 5.82 Å². The summed E-state index contributed by atoms with van der Waals surface area (Å²) < 4.78 is 0. The van der Waals surface area contributed by atoms with Crippen molar-refractivity contribution in [2.45, 2.75) is 64.5 Å². The van der Waals surface area contributed by atoms with Crippen molar-refractivity contribution in [3.63, 3.8) is 0 Å². The topological polar surface area (TPSA) is 42.1 Å². The van der Waals surface area contributed by atoms with Gasteiger partial charge in [-0.2, -0.15) is 0 Å². The lowest BCUT2D eigenvalue weighted by Gasteiger charge is -2.45. The molecule has 0 radical (unpaired) electrons. The largest absolute Gasteiger partial charge is 0.353 e. The van der Waals surface area contributed by atoms with Crippen LogP contribution in [-0.4, -0.2) is 17.6 Å². The first kappa shape index (κ1) is 13.9. The Labute approximate surface area is 122 Å². The van der Waals surface area contributed by atoms with Gasteiger partial charge in [0, 0.05) is 24.8 Å². The maximum Gasteiger partial charge on any atom is 0.129 e. The highest BCUT2D eigenvalue weighted by Gasteiger charge is 2.33. The molecule has 2 heterocycles. The molecule has 3 rings (SSSR count). The molecule has 2 atom stereocenters. The number of aryl methyl sites for hydroxylation is 1. The molecule has 20 heavy (non-hydrogen) atoms. The second kappa shape index (κ2) is 6.13. The van der Waals surface area contributed by atoms with Gasteiger partial charge in [-0.15, -0.1) is 0 Å². The quantitative estimate of drug-likeness (QED) is 0.919. The van der Waals surface area contributed by atoms with Crippen molar-refractivity contribution >= 4 is 5.82 Å². The van der Waals surface area contributed by atoms with Crippen molar-refractivity contribution in [2.24, 2.45) is 11.7 Å². The van der Waals surface area contributed by atoms with Crippen LogP contribution in [0.3, 0.4) is 0 Å². The number of aromatic nitrogens is 1. The number of nitrogens with two attached hydrogens (primary N) is 1. The van der Waals surface area contributed by atoms with Crippen LogP contribution >= 0.6 is 0 Å². The summed E-state index contributed by atoms with van der Waals surface area (Å²) >= 11 is 0. The molecule has 1 aromatic heterocycles. The van der Waals surface area contributed by atoms with Gasteiger partial charge in [-0.25, -0.2) is 4.98 Å². The van der Waals surface area contributed by atoms with Gasteiger partial charge in [-0.3, -0.25) is 0 Å². The molecule has 1 aromatic rings. The van der Waals surface area contributed by atoms with E-state index in [-0.39, 0.29) is 0 Å². The monoisotopic (exact) mass is 273 g/mol. The van der Waals surface area contributed by atoms with Crippen LogP contribution in [0.1, 0.15) is 56.7 Å². The van der Waals surface area contributed by atoms with Crippen LogP contribution in [0.15, 0.2) is 12.1 Å². The highest BCUT2D eigenvalue weighted by molar-refractivity contribution is 5.45. The molecule has 1 saturated heterocycles. The summed E-state index contributed by atoms with van der Waals surface area (Å²) in [5.74, 6) is 2.08. The van der Waals surface area contributed by atoms with Crippen molar-refractivity contribution in [2.75, 3.05) is 11.4 Å². The maximum atomic E-state index is 5.86. The van der Waals surface area contributed by atoms with Crippen LogP contribution in [0.5, 0.6) is 0 Å². The number of nitrogens with zero attached hydrogens (tertiary/aromatic N) is 2. The molecule has 2 N–H and O–H groups in total. The molecule has 110 valence electrons. The van der Waals surface area contributed by atoms with Crippen LogP contribution in [0.25, 0.3) is 0 Å². The van der Waals surface area contributed by atoms with Crippen molar-refractivity contribution in [3.8, 4) is 0 Å². The number of rotatable bonds is 3. The van der Waals surface area contributed by atoms with Gasteiger partial charge in [0.2, 0.25) is 0 Å². The smallest absolute Gasteiger partial charge is 0.129 e. The summed E-state index contributed by atoms with van der Waals surface area (Å²) in [6, 6.07) is 5.10. The Balaban J connectivity index is 1.90. The Morgan fingerprint density at radius 1 is 1.20 bits per heavy atom.